The fourth-order valence-corrected chi connectivity index (χ4v) is 2.59. The van der Waals surface area contributed by atoms with Crippen LogP contribution in [0.5, 0.6) is 0 Å². The van der Waals surface area contributed by atoms with Gasteiger partial charge in [0.2, 0.25) is 0 Å². The smallest absolute Gasteiger partial charge is 0.267 e. The Morgan fingerprint density at radius 3 is 2.45 bits per heavy atom. The first-order valence-electron chi connectivity index (χ1n) is 6.62. The summed E-state index contributed by atoms with van der Waals surface area (Å²) in [6.07, 6.45) is 0. The van der Waals surface area contributed by atoms with Gasteiger partial charge in [-0.2, -0.15) is 0 Å². The van der Waals surface area contributed by atoms with Gasteiger partial charge in [0.15, 0.2) is 0 Å². The van der Waals surface area contributed by atoms with Crippen molar-refractivity contribution in [2.75, 3.05) is 0 Å². The molecule has 22 heavy (non-hydrogen) atoms. The molecule has 0 saturated carbocycles. The van der Waals surface area contributed by atoms with Crippen LogP contribution in [0, 0.1) is 0 Å². The van der Waals surface area contributed by atoms with Gasteiger partial charge >= 0.3 is 0 Å². The predicted octanol–water partition coefficient (Wildman–Crippen LogP) is 3.48. The summed E-state index contributed by atoms with van der Waals surface area (Å²) in [6.45, 7) is 1.80. The van der Waals surface area contributed by atoms with Crippen molar-refractivity contribution in [2.24, 2.45) is 5.73 Å². The molecule has 6 heteroatoms. The summed E-state index contributed by atoms with van der Waals surface area (Å²) < 4.78 is 1.53. The van der Waals surface area contributed by atoms with Gasteiger partial charge in [0.1, 0.15) is 5.82 Å². The molecule has 3 rings (SSSR count). The molecule has 0 bridgehead atoms. The zero-order valence-electron chi connectivity index (χ0n) is 11.9. The van der Waals surface area contributed by atoms with Crippen molar-refractivity contribution < 1.29 is 0 Å². The fraction of sp³-hybridized carbons (Fsp3) is 0.125. The lowest BCUT2D eigenvalue weighted by Crippen LogP contribution is -2.27. The molecule has 2 aromatic carbocycles. The van der Waals surface area contributed by atoms with Crippen LogP contribution in [0.25, 0.3) is 16.6 Å². The van der Waals surface area contributed by atoms with Gasteiger partial charge in [-0.05, 0) is 31.2 Å². The maximum Gasteiger partial charge on any atom is 0.267 e. The molecule has 0 saturated heterocycles. The van der Waals surface area contributed by atoms with Crippen molar-refractivity contribution in [1.82, 2.24) is 9.55 Å². The first-order chi connectivity index (χ1) is 10.1. The largest absolute Gasteiger partial charge is 0.322 e. The number of fused-ring (bicyclic) bond motifs is 1. The van der Waals surface area contributed by atoms with Gasteiger partial charge in [-0.15, -0.1) is 12.4 Å². The lowest BCUT2D eigenvalue weighted by Gasteiger charge is -2.16. The van der Waals surface area contributed by atoms with Crippen LogP contribution in [0.4, 0.5) is 0 Å². The van der Waals surface area contributed by atoms with Gasteiger partial charge in [-0.1, -0.05) is 35.9 Å². The summed E-state index contributed by atoms with van der Waals surface area (Å²) in [6, 6.07) is 14.2. The Balaban J connectivity index is 0.00000176. The summed E-state index contributed by atoms with van der Waals surface area (Å²) in [4.78, 5) is 17.4. The van der Waals surface area contributed by atoms with E-state index in [-0.39, 0.29) is 24.0 Å². The van der Waals surface area contributed by atoms with Crippen LogP contribution in [-0.2, 0) is 0 Å². The molecule has 0 aliphatic carbocycles. The SMILES string of the molecule is C[C@H](N)c1nc2cccc(Cl)c2c(=O)n1-c1ccccc1.Cl. The van der Waals surface area contributed by atoms with E-state index in [9.17, 15) is 4.79 Å². The molecule has 0 unspecified atom stereocenters. The second-order valence-corrected chi connectivity index (χ2v) is 5.28. The van der Waals surface area contributed by atoms with Gasteiger partial charge in [-0.25, -0.2) is 4.98 Å². The Hall–Kier alpha value is -1.88. The molecule has 1 atom stereocenters. The van der Waals surface area contributed by atoms with Crippen LogP contribution in [0.3, 0.4) is 0 Å². The lowest BCUT2D eigenvalue weighted by molar-refractivity contribution is 0.696. The van der Waals surface area contributed by atoms with Crippen LogP contribution >= 0.6 is 24.0 Å². The average Bonchev–Trinajstić information content (AvgIpc) is 2.47. The van der Waals surface area contributed by atoms with Gasteiger partial charge in [0.25, 0.3) is 5.56 Å². The molecular formula is C16H15Cl2N3O. The number of aromatic nitrogens is 2. The Morgan fingerprint density at radius 2 is 1.82 bits per heavy atom. The number of benzene rings is 2. The highest BCUT2D eigenvalue weighted by Crippen LogP contribution is 2.21. The molecule has 0 fully saturated rings. The van der Waals surface area contributed by atoms with Gasteiger partial charge in [0, 0.05) is 0 Å². The van der Waals surface area contributed by atoms with Crippen LogP contribution in [0.1, 0.15) is 18.8 Å². The van der Waals surface area contributed by atoms with Crippen molar-refractivity contribution in [3.8, 4) is 5.69 Å². The minimum Gasteiger partial charge on any atom is -0.322 e. The van der Waals surface area contributed by atoms with Crippen molar-refractivity contribution >= 4 is 34.9 Å². The first kappa shape index (κ1) is 16.5. The topological polar surface area (TPSA) is 60.9 Å². The Labute approximate surface area is 139 Å². The number of nitrogens with zero attached hydrogens (tertiary/aromatic N) is 2. The molecular weight excluding hydrogens is 321 g/mol. The van der Waals surface area contributed by atoms with E-state index >= 15 is 0 Å². The molecule has 1 aromatic heterocycles. The lowest BCUT2D eigenvalue weighted by atomic mass is 10.2. The molecule has 0 radical (unpaired) electrons. The van der Waals surface area contributed by atoms with Crippen molar-refractivity contribution in [3.05, 3.63) is 69.7 Å². The Bertz CT molecular complexity index is 860. The summed E-state index contributed by atoms with van der Waals surface area (Å²) in [7, 11) is 0. The summed E-state index contributed by atoms with van der Waals surface area (Å²) in [5.41, 5.74) is 7.08. The van der Waals surface area contributed by atoms with E-state index < -0.39 is 0 Å². The number of para-hydroxylation sites is 1. The average molecular weight is 336 g/mol. The second kappa shape index (κ2) is 6.48. The normalized spacial score (nSPS) is 12.0. The van der Waals surface area contributed by atoms with Gasteiger partial charge < -0.3 is 5.73 Å². The van der Waals surface area contributed by atoms with Crippen LogP contribution in [0.2, 0.25) is 5.02 Å². The van der Waals surface area contributed by atoms with E-state index in [1.54, 1.807) is 25.1 Å². The third kappa shape index (κ3) is 2.73. The van der Waals surface area contributed by atoms with Crippen LogP contribution in [-0.4, -0.2) is 9.55 Å². The van der Waals surface area contributed by atoms with E-state index in [0.717, 1.165) is 5.69 Å². The van der Waals surface area contributed by atoms with E-state index in [1.807, 2.05) is 30.3 Å². The maximum absolute atomic E-state index is 12.9. The summed E-state index contributed by atoms with van der Waals surface area (Å²) in [5.74, 6) is 0.515. The standard InChI is InChI=1S/C16H14ClN3O.ClH/c1-10(18)15-19-13-9-5-8-12(17)14(13)16(21)20(15)11-6-3-2-4-7-11;/h2-10H,18H2,1H3;1H/t10-;/m0./s1. The first-order valence-corrected chi connectivity index (χ1v) is 6.99. The highest BCUT2D eigenvalue weighted by Gasteiger charge is 2.16. The monoisotopic (exact) mass is 335 g/mol. The van der Waals surface area contributed by atoms with E-state index in [0.29, 0.717) is 21.7 Å². The third-order valence-corrected chi connectivity index (χ3v) is 3.61. The fourth-order valence-electron chi connectivity index (χ4n) is 2.34. The number of hydrogen-bond acceptors (Lipinski definition) is 3. The van der Waals surface area contributed by atoms with E-state index in [4.69, 9.17) is 17.3 Å². The van der Waals surface area contributed by atoms with Crippen LogP contribution < -0.4 is 11.3 Å². The van der Waals surface area contributed by atoms with E-state index in [2.05, 4.69) is 4.98 Å². The zero-order valence-corrected chi connectivity index (χ0v) is 13.4. The van der Waals surface area contributed by atoms with Crippen LogP contribution in [0.15, 0.2) is 53.3 Å². The zero-order chi connectivity index (χ0) is 15.0. The quantitative estimate of drug-likeness (QED) is 0.779. The highest BCUT2D eigenvalue weighted by atomic mass is 35.5. The highest BCUT2D eigenvalue weighted by molar-refractivity contribution is 6.35. The van der Waals surface area contributed by atoms with Gasteiger partial charge in [0.05, 0.1) is 27.7 Å². The van der Waals surface area contributed by atoms with Gasteiger partial charge in [-0.3, -0.25) is 9.36 Å². The molecule has 114 valence electrons. The summed E-state index contributed by atoms with van der Waals surface area (Å²) >= 11 is 6.17. The second-order valence-electron chi connectivity index (χ2n) is 4.87. The molecule has 3 aromatic rings. The predicted molar refractivity (Wildman–Crippen MR) is 92.2 cm³/mol. The number of rotatable bonds is 2. The number of nitrogens with two attached hydrogens (primary N) is 1. The minimum absolute atomic E-state index is 0. The molecule has 0 spiro atoms. The molecule has 4 nitrogen and oxygen atoms in total. The summed E-state index contributed by atoms with van der Waals surface area (Å²) in [5, 5.41) is 0.804. The Morgan fingerprint density at radius 1 is 1.14 bits per heavy atom. The Kier molecular flexibility index (Phi) is 4.86. The molecule has 0 aliphatic heterocycles. The third-order valence-electron chi connectivity index (χ3n) is 3.29. The van der Waals surface area contributed by atoms with Crippen molar-refractivity contribution in [3.63, 3.8) is 0 Å². The number of hydrogen-bond donors (Lipinski definition) is 1. The molecule has 2 N–H and O–H groups in total. The number of halogens is 2. The molecule has 1 heterocycles. The molecule has 0 amide bonds. The van der Waals surface area contributed by atoms with E-state index in [1.165, 1.54) is 4.57 Å². The minimum atomic E-state index is -0.374. The van der Waals surface area contributed by atoms with Crippen molar-refractivity contribution in [2.45, 2.75) is 13.0 Å². The van der Waals surface area contributed by atoms with Crippen molar-refractivity contribution in [1.29, 1.82) is 0 Å². The maximum atomic E-state index is 12.9. The molecule has 0 aliphatic rings.